The molecule has 1 fully saturated rings. The van der Waals surface area contributed by atoms with E-state index in [9.17, 15) is 9.90 Å². The number of carbonyl (C=O) groups is 1. The molecule has 1 atom stereocenters. The zero-order valence-corrected chi connectivity index (χ0v) is 16.0. The number of rotatable bonds is 7. The largest absolute Gasteiger partial charge is 0.390 e. The number of aliphatic hydroxyl groups excluding tert-OH is 1. The van der Waals surface area contributed by atoms with Crippen LogP contribution in [0.1, 0.15) is 40.9 Å². The molecule has 0 radical (unpaired) electrons. The molecule has 2 aromatic rings. The molecule has 1 aliphatic heterocycles. The summed E-state index contributed by atoms with van der Waals surface area (Å²) in [7, 11) is 0. The molecule has 148 valence electrons. The molecule has 1 aromatic heterocycles. The van der Waals surface area contributed by atoms with E-state index in [0.717, 1.165) is 32.4 Å². The fraction of sp³-hybridized carbons (Fsp3) is 0.476. The summed E-state index contributed by atoms with van der Waals surface area (Å²) in [6.45, 7) is 2.49. The number of hydrogen-bond donors (Lipinski definition) is 3. The van der Waals surface area contributed by atoms with Gasteiger partial charge in [0, 0.05) is 38.3 Å². The molecular formula is C21H27N5O2. The molecule has 4 rings (SSSR count). The van der Waals surface area contributed by atoms with Gasteiger partial charge in [0.05, 0.1) is 6.10 Å². The molecule has 0 saturated heterocycles. The summed E-state index contributed by atoms with van der Waals surface area (Å²) in [4.78, 5) is 22.8. The molecule has 0 unspecified atom stereocenters. The van der Waals surface area contributed by atoms with Gasteiger partial charge in [-0.25, -0.2) is 9.97 Å². The molecule has 0 spiro atoms. The van der Waals surface area contributed by atoms with Crippen molar-refractivity contribution >= 4 is 11.7 Å². The van der Waals surface area contributed by atoms with Crippen LogP contribution in [0.5, 0.6) is 0 Å². The Morgan fingerprint density at radius 3 is 2.86 bits per heavy atom. The number of benzene rings is 1. The van der Waals surface area contributed by atoms with Gasteiger partial charge in [-0.2, -0.15) is 0 Å². The monoisotopic (exact) mass is 381 g/mol. The number of amides is 1. The molecule has 2 aliphatic rings. The van der Waals surface area contributed by atoms with E-state index in [-0.39, 0.29) is 12.5 Å². The van der Waals surface area contributed by atoms with Crippen molar-refractivity contribution in [1.82, 2.24) is 20.2 Å². The molecule has 1 aliphatic carbocycles. The number of fused-ring (bicyclic) bond motifs is 1. The number of carbonyl (C=O) groups excluding carboxylic acids is 1. The molecular weight excluding hydrogens is 354 g/mol. The summed E-state index contributed by atoms with van der Waals surface area (Å²) in [5, 5.41) is 16.5. The Bertz CT molecular complexity index is 824. The van der Waals surface area contributed by atoms with Crippen molar-refractivity contribution in [2.75, 3.05) is 25.0 Å². The Balaban J connectivity index is 1.25. The Hall–Kier alpha value is -2.51. The number of β-amino-alcohol motifs (C(OH)–C–C–N with tert-alkyl or cyclic N) is 1. The Morgan fingerprint density at radius 2 is 2.07 bits per heavy atom. The first-order valence-electron chi connectivity index (χ1n) is 10.0. The predicted octanol–water partition coefficient (Wildman–Crippen LogP) is 1.59. The minimum atomic E-state index is -0.622. The van der Waals surface area contributed by atoms with Crippen LogP contribution in [0.15, 0.2) is 36.7 Å². The van der Waals surface area contributed by atoms with Gasteiger partial charge in [-0.1, -0.05) is 24.3 Å². The van der Waals surface area contributed by atoms with Crippen LogP contribution in [-0.4, -0.2) is 57.7 Å². The van der Waals surface area contributed by atoms with Crippen molar-refractivity contribution in [2.24, 2.45) is 0 Å². The van der Waals surface area contributed by atoms with Crippen LogP contribution in [0.4, 0.5) is 5.82 Å². The minimum absolute atomic E-state index is 0.201. The smallest absolute Gasteiger partial charge is 0.270 e. The summed E-state index contributed by atoms with van der Waals surface area (Å²) in [6, 6.07) is 10.5. The van der Waals surface area contributed by atoms with Crippen LogP contribution in [-0.2, 0) is 13.0 Å². The maximum absolute atomic E-state index is 12.4. The van der Waals surface area contributed by atoms with E-state index in [0.29, 0.717) is 24.1 Å². The van der Waals surface area contributed by atoms with Gasteiger partial charge in [0.25, 0.3) is 5.91 Å². The SMILES string of the molecule is O=C(NC[C@H](O)CN1CCc2ccccc2C1)c1cc(NC2CCC2)ncn1. The summed E-state index contributed by atoms with van der Waals surface area (Å²) in [5.74, 6) is 0.388. The molecule has 7 nitrogen and oxygen atoms in total. The minimum Gasteiger partial charge on any atom is -0.390 e. The lowest BCUT2D eigenvalue weighted by atomic mass is 9.93. The average molecular weight is 381 g/mol. The van der Waals surface area contributed by atoms with Crippen molar-refractivity contribution in [3.05, 3.63) is 53.5 Å². The Kier molecular flexibility index (Phi) is 5.83. The van der Waals surface area contributed by atoms with E-state index in [1.165, 1.54) is 23.9 Å². The first kappa shape index (κ1) is 18.8. The maximum atomic E-state index is 12.4. The van der Waals surface area contributed by atoms with Gasteiger partial charge < -0.3 is 15.7 Å². The summed E-state index contributed by atoms with van der Waals surface area (Å²) in [5.41, 5.74) is 3.02. The molecule has 0 bridgehead atoms. The highest BCUT2D eigenvalue weighted by atomic mass is 16.3. The van der Waals surface area contributed by atoms with Crippen molar-refractivity contribution in [3.8, 4) is 0 Å². The third kappa shape index (κ3) is 4.66. The van der Waals surface area contributed by atoms with Gasteiger partial charge in [-0.05, 0) is 36.8 Å². The van der Waals surface area contributed by atoms with E-state index in [1.54, 1.807) is 6.07 Å². The second-order valence-electron chi connectivity index (χ2n) is 7.68. The molecule has 7 heteroatoms. The van der Waals surface area contributed by atoms with E-state index in [2.05, 4.69) is 49.8 Å². The van der Waals surface area contributed by atoms with Crippen LogP contribution < -0.4 is 10.6 Å². The van der Waals surface area contributed by atoms with E-state index in [1.807, 2.05) is 0 Å². The first-order valence-corrected chi connectivity index (χ1v) is 10.0. The highest BCUT2D eigenvalue weighted by Gasteiger charge is 2.20. The zero-order valence-electron chi connectivity index (χ0n) is 16.0. The summed E-state index contributed by atoms with van der Waals surface area (Å²) in [6.07, 6.45) is 5.28. The van der Waals surface area contributed by atoms with Crippen LogP contribution in [0, 0.1) is 0 Å². The Labute approximate surface area is 165 Å². The second kappa shape index (κ2) is 8.67. The fourth-order valence-electron chi connectivity index (χ4n) is 3.70. The average Bonchev–Trinajstić information content (AvgIpc) is 2.69. The third-order valence-corrected chi connectivity index (χ3v) is 5.53. The van der Waals surface area contributed by atoms with Gasteiger partial charge in [0.1, 0.15) is 17.8 Å². The molecule has 2 heterocycles. The lowest BCUT2D eigenvalue weighted by Gasteiger charge is -2.30. The second-order valence-corrected chi connectivity index (χ2v) is 7.68. The van der Waals surface area contributed by atoms with E-state index < -0.39 is 6.10 Å². The van der Waals surface area contributed by atoms with Crippen molar-refractivity contribution in [3.63, 3.8) is 0 Å². The van der Waals surface area contributed by atoms with Crippen LogP contribution >= 0.6 is 0 Å². The van der Waals surface area contributed by atoms with E-state index >= 15 is 0 Å². The van der Waals surface area contributed by atoms with E-state index in [4.69, 9.17) is 0 Å². The molecule has 28 heavy (non-hydrogen) atoms. The fourth-order valence-corrected chi connectivity index (χ4v) is 3.70. The van der Waals surface area contributed by atoms with Gasteiger partial charge in [-0.15, -0.1) is 0 Å². The highest BCUT2D eigenvalue weighted by molar-refractivity contribution is 5.92. The zero-order chi connectivity index (χ0) is 19.3. The molecule has 3 N–H and O–H groups in total. The number of aromatic nitrogens is 2. The summed E-state index contributed by atoms with van der Waals surface area (Å²) < 4.78 is 0. The Morgan fingerprint density at radius 1 is 1.25 bits per heavy atom. The summed E-state index contributed by atoms with van der Waals surface area (Å²) >= 11 is 0. The molecule has 1 saturated carbocycles. The van der Waals surface area contributed by atoms with Crippen molar-refractivity contribution < 1.29 is 9.90 Å². The van der Waals surface area contributed by atoms with Crippen molar-refractivity contribution in [2.45, 2.75) is 44.4 Å². The van der Waals surface area contributed by atoms with Gasteiger partial charge in [0.2, 0.25) is 0 Å². The number of aliphatic hydroxyl groups is 1. The standard InChI is InChI=1S/C21H27N5O2/c27-18(13-26-9-8-15-4-1-2-5-16(15)12-26)11-22-21(28)19-10-20(24-14-23-19)25-17-6-3-7-17/h1-2,4-5,10,14,17-18,27H,3,6-9,11-13H2,(H,22,28)(H,23,24,25)/t18-/m0/s1. The number of nitrogens with one attached hydrogen (secondary N) is 2. The topological polar surface area (TPSA) is 90.4 Å². The van der Waals surface area contributed by atoms with Gasteiger partial charge >= 0.3 is 0 Å². The van der Waals surface area contributed by atoms with Crippen LogP contribution in [0.3, 0.4) is 0 Å². The molecule has 1 aromatic carbocycles. The first-order chi connectivity index (χ1) is 13.7. The number of nitrogens with zero attached hydrogens (tertiary/aromatic N) is 3. The van der Waals surface area contributed by atoms with Crippen molar-refractivity contribution in [1.29, 1.82) is 0 Å². The third-order valence-electron chi connectivity index (χ3n) is 5.53. The lowest BCUT2D eigenvalue weighted by Crippen LogP contribution is -2.42. The van der Waals surface area contributed by atoms with Crippen LogP contribution in [0.2, 0.25) is 0 Å². The normalized spacial score (nSPS) is 18.0. The van der Waals surface area contributed by atoms with Gasteiger partial charge in [0.15, 0.2) is 0 Å². The maximum Gasteiger partial charge on any atom is 0.270 e. The molecule has 1 amide bonds. The highest BCUT2D eigenvalue weighted by Crippen LogP contribution is 2.22. The number of hydrogen-bond acceptors (Lipinski definition) is 6. The quantitative estimate of drug-likeness (QED) is 0.675. The predicted molar refractivity (Wildman–Crippen MR) is 107 cm³/mol. The lowest BCUT2D eigenvalue weighted by molar-refractivity contribution is 0.0838. The van der Waals surface area contributed by atoms with Crippen LogP contribution in [0.25, 0.3) is 0 Å². The number of anilines is 1. The van der Waals surface area contributed by atoms with Gasteiger partial charge in [-0.3, -0.25) is 9.69 Å².